The molecule has 0 bridgehead atoms. The van der Waals surface area contributed by atoms with Crippen molar-refractivity contribution >= 4 is 5.84 Å². The molecule has 0 aromatic rings. The van der Waals surface area contributed by atoms with Crippen LogP contribution < -0.4 is 5.73 Å². The second-order valence-corrected chi connectivity index (χ2v) is 3.26. The van der Waals surface area contributed by atoms with Gasteiger partial charge in [0, 0.05) is 20.0 Å². The molecule has 1 aliphatic heterocycles. The first kappa shape index (κ1) is 8.53. The van der Waals surface area contributed by atoms with Crippen molar-refractivity contribution in [1.29, 1.82) is 0 Å². The van der Waals surface area contributed by atoms with E-state index in [1.165, 1.54) is 5.84 Å². The Morgan fingerprint density at radius 1 is 1.73 bits per heavy atom. The Morgan fingerprint density at radius 2 is 2.45 bits per heavy atom. The van der Waals surface area contributed by atoms with Crippen molar-refractivity contribution < 1.29 is 0 Å². The predicted molar refractivity (Wildman–Crippen MR) is 47.8 cm³/mol. The number of amidine groups is 1. The fourth-order valence-corrected chi connectivity index (χ4v) is 1.19. The van der Waals surface area contributed by atoms with Crippen LogP contribution in [0.1, 0.15) is 13.3 Å². The van der Waals surface area contributed by atoms with E-state index in [1.807, 2.05) is 0 Å². The smallest absolute Gasteiger partial charge is 0.0990 e. The Morgan fingerprint density at radius 3 is 2.91 bits per heavy atom. The maximum absolute atomic E-state index is 5.52. The van der Waals surface area contributed by atoms with Gasteiger partial charge in [0.1, 0.15) is 0 Å². The van der Waals surface area contributed by atoms with Crippen LogP contribution >= 0.6 is 0 Å². The van der Waals surface area contributed by atoms with Gasteiger partial charge in [0.15, 0.2) is 0 Å². The van der Waals surface area contributed by atoms with Crippen molar-refractivity contribution in [2.24, 2.45) is 16.6 Å². The molecule has 1 rings (SSSR count). The van der Waals surface area contributed by atoms with Gasteiger partial charge in [-0.15, -0.1) is 0 Å². The summed E-state index contributed by atoms with van der Waals surface area (Å²) in [5.74, 6) is 1.79. The van der Waals surface area contributed by atoms with Crippen LogP contribution in [0, 0.1) is 5.92 Å². The van der Waals surface area contributed by atoms with Crippen molar-refractivity contribution in [3.8, 4) is 0 Å². The number of likely N-dealkylation sites (N-methyl/N-ethyl adjacent to an activating group) is 1. The Hall–Kier alpha value is -0.570. The third-order valence-corrected chi connectivity index (χ3v) is 2.10. The van der Waals surface area contributed by atoms with Gasteiger partial charge < -0.3 is 10.6 Å². The van der Waals surface area contributed by atoms with Crippen LogP contribution in [0.2, 0.25) is 0 Å². The molecule has 1 atom stereocenters. The third kappa shape index (κ3) is 2.19. The van der Waals surface area contributed by atoms with E-state index in [-0.39, 0.29) is 0 Å². The molecule has 0 aromatic carbocycles. The highest BCUT2D eigenvalue weighted by Crippen LogP contribution is 2.08. The SMILES string of the molecule is CC(CN)CC1=NCCN1C. The Balaban J connectivity index is 2.36. The summed E-state index contributed by atoms with van der Waals surface area (Å²) in [6.07, 6.45) is 1.03. The van der Waals surface area contributed by atoms with E-state index >= 15 is 0 Å². The van der Waals surface area contributed by atoms with Crippen LogP contribution in [0.3, 0.4) is 0 Å². The molecule has 1 unspecified atom stereocenters. The number of hydrogen-bond acceptors (Lipinski definition) is 3. The molecule has 11 heavy (non-hydrogen) atoms. The number of aliphatic imine (C=N–C) groups is 1. The van der Waals surface area contributed by atoms with Gasteiger partial charge in [0.25, 0.3) is 0 Å². The van der Waals surface area contributed by atoms with Gasteiger partial charge in [-0.05, 0) is 12.5 Å². The largest absolute Gasteiger partial charge is 0.362 e. The van der Waals surface area contributed by atoms with E-state index in [4.69, 9.17) is 5.73 Å². The molecular formula is C8H17N3. The van der Waals surface area contributed by atoms with Crippen molar-refractivity contribution in [2.45, 2.75) is 13.3 Å². The van der Waals surface area contributed by atoms with Gasteiger partial charge in [0.05, 0.1) is 12.4 Å². The average molecular weight is 155 g/mol. The Labute approximate surface area is 68.3 Å². The van der Waals surface area contributed by atoms with Gasteiger partial charge >= 0.3 is 0 Å². The third-order valence-electron chi connectivity index (χ3n) is 2.10. The second-order valence-electron chi connectivity index (χ2n) is 3.26. The van der Waals surface area contributed by atoms with E-state index < -0.39 is 0 Å². The van der Waals surface area contributed by atoms with Crippen LogP contribution in [0.5, 0.6) is 0 Å². The Kier molecular flexibility index (Phi) is 2.88. The lowest BCUT2D eigenvalue weighted by Gasteiger charge is -2.16. The fourth-order valence-electron chi connectivity index (χ4n) is 1.19. The van der Waals surface area contributed by atoms with Gasteiger partial charge in [-0.2, -0.15) is 0 Å². The van der Waals surface area contributed by atoms with Crippen LogP contribution in [-0.4, -0.2) is 37.4 Å². The molecule has 0 aromatic heterocycles. The lowest BCUT2D eigenvalue weighted by molar-refractivity contribution is 0.517. The van der Waals surface area contributed by atoms with Gasteiger partial charge in [-0.3, -0.25) is 4.99 Å². The molecule has 3 heteroatoms. The molecule has 1 aliphatic rings. The summed E-state index contributed by atoms with van der Waals surface area (Å²) in [6.45, 7) is 4.96. The normalized spacial score (nSPS) is 20.3. The molecule has 0 saturated heterocycles. The highest BCUT2D eigenvalue weighted by Gasteiger charge is 2.14. The van der Waals surface area contributed by atoms with Crippen molar-refractivity contribution in [2.75, 3.05) is 26.7 Å². The van der Waals surface area contributed by atoms with E-state index in [1.54, 1.807) is 0 Å². The summed E-state index contributed by atoms with van der Waals surface area (Å²) in [7, 11) is 2.09. The maximum Gasteiger partial charge on any atom is 0.0990 e. The summed E-state index contributed by atoms with van der Waals surface area (Å²) < 4.78 is 0. The summed E-state index contributed by atoms with van der Waals surface area (Å²) >= 11 is 0. The van der Waals surface area contributed by atoms with Crippen LogP contribution in [0.25, 0.3) is 0 Å². The zero-order chi connectivity index (χ0) is 8.27. The lowest BCUT2D eigenvalue weighted by atomic mass is 10.1. The van der Waals surface area contributed by atoms with Crippen molar-refractivity contribution in [3.63, 3.8) is 0 Å². The summed E-state index contributed by atoms with van der Waals surface area (Å²) in [4.78, 5) is 6.61. The number of nitrogens with two attached hydrogens (primary N) is 1. The van der Waals surface area contributed by atoms with E-state index in [9.17, 15) is 0 Å². The first-order valence-electron chi connectivity index (χ1n) is 4.18. The highest BCUT2D eigenvalue weighted by atomic mass is 15.2. The predicted octanol–water partition coefficient (Wildman–Crippen LogP) is 0.315. The maximum atomic E-state index is 5.52. The van der Waals surface area contributed by atoms with Crippen LogP contribution in [-0.2, 0) is 0 Å². The molecule has 0 fully saturated rings. The number of hydrogen-bond donors (Lipinski definition) is 1. The Bertz CT molecular complexity index is 153. The standard InChI is InChI=1S/C8H17N3/c1-7(6-9)5-8-10-3-4-11(8)2/h7H,3-6,9H2,1-2H3. The molecule has 0 radical (unpaired) electrons. The first-order valence-corrected chi connectivity index (χ1v) is 4.18. The van der Waals surface area contributed by atoms with E-state index in [0.717, 1.165) is 26.1 Å². The molecule has 64 valence electrons. The molecule has 3 nitrogen and oxygen atoms in total. The van der Waals surface area contributed by atoms with Crippen LogP contribution in [0.4, 0.5) is 0 Å². The van der Waals surface area contributed by atoms with Gasteiger partial charge in [-0.1, -0.05) is 6.92 Å². The quantitative estimate of drug-likeness (QED) is 0.637. The summed E-state index contributed by atoms with van der Waals surface area (Å²) in [5.41, 5.74) is 5.52. The molecule has 0 saturated carbocycles. The molecule has 1 heterocycles. The zero-order valence-electron chi connectivity index (χ0n) is 7.38. The first-order chi connectivity index (χ1) is 5.24. The second kappa shape index (κ2) is 3.72. The highest BCUT2D eigenvalue weighted by molar-refractivity contribution is 5.83. The minimum absolute atomic E-state index is 0.564. The number of rotatable bonds is 3. The molecule has 0 spiro atoms. The molecule has 2 N–H and O–H groups in total. The topological polar surface area (TPSA) is 41.6 Å². The zero-order valence-corrected chi connectivity index (χ0v) is 7.38. The van der Waals surface area contributed by atoms with Gasteiger partial charge in [0.2, 0.25) is 0 Å². The van der Waals surface area contributed by atoms with E-state index in [2.05, 4.69) is 23.9 Å². The molecular weight excluding hydrogens is 138 g/mol. The number of nitrogens with zero attached hydrogens (tertiary/aromatic N) is 2. The molecule has 0 amide bonds. The molecule has 0 aliphatic carbocycles. The lowest BCUT2D eigenvalue weighted by Crippen LogP contribution is -2.26. The van der Waals surface area contributed by atoms with Gasteiger partial charge in [-0.25, -0.2) is 0 Å². The minimum atomic E-state index is 0.564. The summed E-state index contributed by atoms with van der Waals surface area (Å²) in [6, 6.07) is 0. The summed E-state index contributed by atoms with van der Waals surface area (Å²) in [5, 5.41) is 0. The average Bonchev–Trinajstić information content (AvgIpc) is 2.37. The van der Waals surface area contributed by atoms with Crippen molar-refractivity contribution in [1.82, 2.24) is 4.90 Å². The fraction of sp³-hybridized carbons (Fsp3) is 0.875. The minimum Gasteiger partial charge on any atom is -0.362 e. The van der Waals surface area contributed by atoms with Crippen LogP contribution in [0.15, 0.2) is 4.99 Å². The van der Waals surface area contributed by atoms with E-state index in [0.29, 0.717) is 5.92 Å². The monoisotopic (exact) mass is 155 g/mol. The van der Waals surface area contributed by atoms with Crippen molar-refractivity contribution in [3.05, 3.63) is 0 Å².